The van der Waals surface area contributed by atoms with Gasteiger partial charge in [-0.3, -0.25) is 9.59 Å². The van der Waals surface area contributed by atoms with Gasteiger partial charge in [0.1, 0.15) is 6.61 Å². The Morgan fingerprint density at radius 1 is 0.806 bits per heavy atom. The molecule has 6 nitrogen and oxygen atoms in total. The van der Waals surface area contributed by atoms with E-state index in [0.717, 1.165) is 0 Å². The Morgan fingerprint density at radius 3 is 1.68 bits per heavy atom. The Balaban J connectivity index is 2.25. The van der Waals surface area contributed by atoms with Crippen LogP contribution in [0, 0.1) is 0 Å². The van der Waals surface area contributed by atoms with Gasteiger partial charge in [0, 0.05) is 12.5 Å². The molecule has 31 heavy (non-hydrogen) atoms. The van der Waals surface area contributed by atoms with Gasteiger partial charge in [0.2, 0.25) is 0 Å². The van der Waals surface area contributed by atoms with Crippen molar-refractivity contribution in [2.24, 2.45) is 0 Å². The summed E-state index contributed by atoms with van der Waals surface area (Å²) in [5.41, 5.74) is -0.653. The molecule has 0 aliphatic carbocycles. The minimum atomic E-state index is -1.82. The molecule has 0 heterocycles. The van der Waals surface area contributed by atoms with E-state index in [0.29, 0.717) is 16.7 Å². The number of amides is 1. The molecule has 0 aromatic heterocycles. The minimum Gasteiger partial charge on any atom is -0.479 e. The zero-order valence-corrected chi connectivity index (χ0v) is 17.1. The van der Waals surface area contributed by atoms with E-state index in [4.69, 9.17) is 4.74 Å². The van der Waals surface area contributed by atoms with Crippen molar-refractivity contribution in [2.45, 2.75) is 12.5 Å². The summed E-state index contributed by atoms with van der Waals surface area (Å²) < 4.78 is 5.08. The topological polar surface area (TPSA) is 83.9 Å². The SMILES string of the molecule is CC(=O)OCCN(C(=O)c1ccccc1)C(C(=O)O)(c1ccccc1)c1ccccc1. The monoisotopic (exact) mass is 417 g/mol. The van der Waals surface area contributed by atoms with Crippen LogP contribution in [0.4, 0.5) is 0 Å². The third-order valence-corrected chi connectivity index (χ3v) is 4.98. The van der Waals surface area contributed by atoms with Gasteiger partial charge in [-0.15, -0.1) is 0 Å². The molecule has 3 aromatic carbocycles. The Hall–Kier alpha value is -3.93. The Morgan fingerprint density at radius 2 is 1.26 bits per heavy atom. The van der Waals surface area contributed by atoms with Gasteiger partial charge in [-0.25, -0.2) is 4.79 Å². The van der Waals surface area contributed by atoms with E-state index in [9.17, 15) is 19.5 Å². The lowest BCUT2D eigenvalue weighted by Gasteiger charge is -2.41. The molecule has 0 aliphatic heterocycles. The summed E-state index contributed by atoms with van der Waals surface area (Å²) in [5.74, 6) is -2.20. The van der Waals surface area contributed by atoms with Crippen LogP contribution < -0.4 is 0 Å². The number of hydrogen-bond acceptors (Lipinski definition) is 4. The first kappa shape index (κ1) is 21.8. The van der Waals surface area contributed by atoms with Crippen molar-refractivity contribution in [3.63, 3.8) is 0 Å². The quantitative estimate of drug-likeness (QED) is 0.565. The number of carbonyl (C=O) groups is 3. The van der Waals surface area contributed by atoms with Crippen molar-refractivity contribution < 1.29 is 24.2 Å². The molecule has 0 atom stereocenters. The molecule has 3 rings (SSSR count). The molecule has 0 unspecified atom stereocenters. The van der Waals surface area contributed by atoms with Crippen molar-refractivity contribution in [1.82, 2.24) is 4.90 Å². The van der Waals surface area contributed by atoms with Gasteiger partial charge in [0.15, 0.2) is 5.54 Å². The van der Waals surface area contributed by atoms with E-state index < -0.39 is 23.4 Å². The van der Waals surface area contributed by atoms with Gasteiger partial charge >= 0.3 is 11.9 Å². The minimum absolute atomic E-state index is 0.108. The van der Waals surface area contributed by atoms with Crippen LogP contribution in [0.25, 0.3) is 0 Å². The van der Waals surface area contributed by atoms with Crippen LogP contribution in [0.15, 0.2) is 91.0 Å². The van der Waals surface area contributed by atoms with Crippen molar-refractivity contribution >= 4 is 17.8 Å². The van der Waals surface area contributed by atoms with Gasteiger partial charge < -0.3 is 14.7 Å². The summed E-state index contributed by atoms with van der Waals surface area (Å²) in [4.78, 5) is 39.2. The largest absolute Gasteiger partial charge is 0.479 e. The van der Waals surface area contributed by atoms with Crippen LogP contribution in [-0.2, 0) is 19.9 Å². The molecular weight excluding hydrogens is 394 g/mol. The predicted octanol–water partition coefficient (Wildman–Crippen LogP) is 3.72. The second kappa shape index (κ2) is 9.71. The average Bonchev–Trinajstić information content (AvgIpc) is 2.79. The molecule has 0 saturated carbocycles. The van der Waals surface area contributed by atoms with Crippen LogP contribution in [0.2, 0.25) is 0 Å². The van der Waals surface area contributed by atoms with Crippen LogP contribution in [-0.4, -0.2) is 41.0 Å². The molecule has 0 aliphatic rings. The summed E-state index contributed by atoms with van der Waals surface area (Å²) >= 11 is 0. The van der Waals surface area contributed by atoms with E-state index in [1.54, 1.807) is 91.0 Å². The number of benzene rings is 3. The van der Waals surface area contributed by atoms with E-state index >= 15 is 0 Å². The number of carboxylic acid groups (broad SMARTS) is 1. The molecule has 0 spiro atoms. The first-order valence-electron chi connectivity index (χ1n) is 9.82. The molecular formula is C25H23NO5. The fraction of sp³-hybridized carbons (Fsp3) is 0.160. The maximum absolute atomic E-state index is 13.6. The van der Waals surface area contributed by atoms with E-state index in [1.807, 2.05) is 0 Å². The molecule has 3 aromatic rings. The molecule has 0 saturated heterocycles. The Kier molecular flexibility index (Phi) is 6.82. The fourth-order valence-corrected chi connectivity index (χ4v) is 3.64. The number of hydrogen-bond donors (Lipinski definition) is 1. The highest BCUT2D eigenvalue weighted by Gasteiger charge is 2.50. The lowest BCUT2D eigenvalue weighted by atomic mass is 9.80. The van der Waals surface area contributed by atoms with Crippen molar-refractivity contribution in [1.29, 1.82) is 0 Å². The van der Waals surface area contributed by atoms with Crippen molar-refractivity contribution in [3.8, 4) is 0 Å². The van der Waals surface area contributed by atoms with E-state index in [1.165, 1.54) is 11.8 Å². The van der Waals surface area contributed by atoms with E-state index in [2.05, 4.69) is 0 Å². The van der Waals surface area contributed by atoms with Crippen LogP contribution in [0.1, 0.15) is 28.4 Å². The van der Waals surface area contributed by atoms with Crippen molar-refractivity contribution in [2.75, 3.05) is 13.2 Å². The summed E-state index contributed by atoms with van der Waals surface area (Å²) in [5, 5.41) is 10.6. The zero-order valence-electron chi connectivity index (χ0n) is 17.1. The number of carbonyl (C=O) groups excluding carboxylic acids is 2. The second-order valence-corrected chi connectivity index (χ2v) is 6.91. The highest BCUT2D eigenvalue weighted by molar-refractivity contribution is 5.99. The lowest BCUT2D eigenvalue weighted by Crippen LogP contribution is -2.56. The smallest absolute Gasteiger partial charge is 0.339 e. The maximum Gasteiger partial charge on any atom is 0.339 e. The lowest BCUT2D eigenvalue weighted by molar-refractivity contribution is -0.149. The second-order valence-electron chi connectivity index (χ2n) is 6.91. The van der Waals surface area contributed by atoms with E-state index in [-0.39, 0.29) is 13.2 Å². The summed E-state index contributed by atoms with van der Waals surface area (Å²) in [6.45, 7) is 1.02. The van der Waals surface area contributed by atoms with Gasteiger partial charge in [0.25, 0.3) is 5.91 Å². The van der Waals surface area contributed by atoms with Gasteiger partial charge in [0.05, 0.1) is 6.54 Å². The average molecular weight is 417 g/mol. The standard InChI is InChI=1S/C25H23NO5/c1-19(27)31-18-17-26(23(28)20-11-5-2-6-12-20)25(24(29)30,21-13-7-3-8-14-21)22-15-9-4-10-16-22/h2-16H,17-18H2,1H3,(H,29,30). The molecule has 1 N–H and O–H groups in total. The third kappa shape index (κ3) is 4.48. The molecule has 1 amide bonds. The van der Waals surface area contributed by atoms with Gasteiger partial charge in [-0.1, -0.05) is 78.9 Å². The van der Waals surface area contributed by atoms with Gasteiger partial charge in [-0.05, 0) is 23.3 Å². The molecule has 0 fully saturated rings. The highest BCUT2D eigenvalue weighted by Crippen LogP contribution is 2.37. The molecule has 0 radical (unpaired) electrons. The van der Waals surface area contributed by atoms with Gasteiger partial charge in [-0.2, -0.15) is 0 Å². The molecule has 0 bridgehead atoms. The summed E-state index contributed by atoms with van der Waals surface area (Å²) in [7, 11) is 0. The summed E-state index contributed by atoms with van der Waals surface area (Å²) in [6, 6.07) is 25.7. The maximum atomic E-state index is 13.6. The highest BCUT2D eigenvalue weighted by atomic mass is 16.5. The fourth-order valence-electron chi connectivity index (χ4n) is 3.64. The number of carboxylic acids is 1. The predicted molar refractivity (Wildman–Crippen MR) is 115 cm³/mol. The van der Waals surface area contributed by atoms with Crippen LogP contribution in [0.3, 0.4) is 0 Å². The molecule has 158 valence electrons. The Bertz CT molecular complexity index is 996. The number of aliphatic carboxylic acids is 1. The number of rotatable bonds is 8. The number of esters is 1. The first-order valence-corrected chi connectivity index (χ1v) is 9.82. The number of ether oxygens (including phenoxy) is 1. The normalized spacial score (nSPS) is 10.9. The third-order valence-electron chi connectivity index (χ3n) is 4.98. The van der Waals surface area contributed by atoms with Crippen LogP contribution >= 0.6 is 0 Å². The first-order chi connectivity index (χ1) is 15.0. The molecule has 6 heteroatoms. The number of nitrogens with zero attached hydrogens (tertiary/aromatic N) is 1. The summed E-state index contributed by atoms with van der Waals surface area (Å²) in [6.07, 6.45) is 0. The van der Waals surface area contributed by atoms with Crippen LogP contribution in [0.5, 0.6) is 0 Å². The van der Waals surface area contributed by atoms with Crippen molar-refractivity contribution in [3.05, 3.63) is 108 Å². The zero-order chi connectivity index (χ0) is 22.3. The Labute approximate surface area is 180 Å².